The van der Waals surface area contributed by atoms with Crippen LogP contribution < -0.4 is 5.32 Å². The fourth-order valence-corrected chi connectivity index (χ4v) is 3.31. The van der Waals surface area contributed by atoms with Crippen molar-refractivity contribution in [3.63, 3.8) is 0 Å². The Balaban J connectivity index is 1.72. The average molecular weight is 346 g/mol. The second-order valence-corrected chi connectivity index (χ2v) is 6.48. The van der Waals surface area contributed by atoms with Gasteiger partial charge in [0.05, 0.1) is 12.5 Å². The van der Waals surface area contributed by atoms with Crippen molar-refractivity contribution in [2.45, 2.75) is 31.7 Å². The third-order valence-corrected chi connectivity index (χ3v) is 4.73. The number of hydrogen-bond donors (Lipinski definition) is 2. The summed E-state index contributed by atoms with van der Waals surface area (Å²) in [6, 6.07) is 5.87. The summed E-state index contributed by atoms with van der Waals surface area (Å²) in [5.74, 6) is -1.58. The van der Waals surface area contributed by atoms with E-state index in [1.165, 1.54) is 4.90 Å². The molecule has 0 aliphatic carbocycles. The first-order chi connectivity index (χ1) is 12.1. The molecule has 0 spiro atoms. The number of piperidine rings is 1. The van der Waals surface area contributed by atoms with Gasteiger partial charge < -0.3 is 20.1 Å². The van der Waals surface area contributed by atoms with Crippen LogP contribution in [0.25, 0.3) is 0 Å². The van der Waals surface area contributed by atoms with Crippen LogP contribution in [-0.4, -0.2) is 53.6 Å². The molecule has 2 fully saturated rings. The van der Waals surface area contributed by atoms with E-state index < -0.39 is 12.0 Å². The summed E-state index contributed by atoms with van der Waals surface area (Å²) in [6.07, 6.45) is 2.77. The van der Waals surface area contributed by atoms with E-state index in [0.29, 0.717) is 43.9 Å². The molecule has 0 aromatic heterocycles. The van der Waals surface area contributed by atoms with Gasteiger partial charge in [-0.05, 0) is 43.9 Å². The summed E-state index contributed by atoms with van der Waals surface area (Å²) >= 11 is 0. The Morgan fingerprint density at radius 1 is 1.20 bits per heavy atom. The molecule has 2 aliphatic rings. The van der Waals surface area contributed by atoms with E-state index >= 15 is 0 Å². The number of benzene rings is 1. The maximum absolute atomic E-state index is 12.7. The van der Waals surface area contributed by atoms with Gasteiger partial charge in [-0.3, -0.25) is 9.59 Å². The molecule has 0 saturated carbocycles. The number of likely N-dealkylation sites (tertiary alicyclic amines) is 1. The van der Waals surface area contributed by atoms with Gasteiger partial charge in [0.25, 0.3) is 5.91 Å². The normalized spacial score (nSPS) is 23.3. The molecular weight excluding hydrogens is 324 g/mol. The van der Waals surface area contributed by atoms with Gasteiger partial charge >= 0.3 is 5.97 Å². The zero-order valence-corrected chi connectivity index (χ0v) is 13.9. The number of nitrogens with zero attached hydrogens (tertiary/aromatic N) is 1. The van der Waals surface area contributed by atoms with Crippen molar-refractivity contribution >= 4 is 23.5 Å². The molecule has 2 heterocycles. The van der Waals surface area contributed by atoms with Crippen LogP contribution in [0.1, 0.15) is 36.0 Å². The predicted molar refractivity (Wildman–Crippen MR) is 90.3 cm³/mol. The van der Waals surface area contributed by atoms with Crippen LogP contribution in [0, 0.1) is 5.92 Å². The summed E-state index contributed by atoms with van der Waals surface area (Å²) < 4.78 is 5.21. The van der Waals surface area contributed by atoms with Gasteiger partial charge in [0.15, 0.2) is 0 Å². The zero-order chi connectivity index (χ0) is 17.8. The number of aliphatic carboxylic acids is 1. The van der Waals surface area contributed by atoms with Gasteiger partial charge in [-0.1, -0.05) is 6.07 Å². The number of amides is 2. The monoisotopic (exact) mass is 346 g/mol. The molecule has 2 saturated heterocycles. The molecule has 3 rings (SSSR count). The molecule has 7 nitrogen and oxygen atoms in total. The smallest absolute Gasteiger partial charge is 0.326 e. The average Bonchev–Trinajstić information content (AvgIpc) is 3.16. The van der Waals surface area contributed by atoms with Gasteiger partial charge in [-0.15, -0.1) is 0 Å². The molecule has 134 valence electrons. The lowest BCUT2D eigenvalue weighted by molar-refractivity contribution is -0.143. The van der Waals surface area contributed by atoms with Gasteiger partial charge in [0.2, 0.25) is 5.91 Å². The molecule has 7 heteroatoms. The zero-order valence-electron chi connectivity index (χ0n) is 13.9. The number of carboxylic acid groups (broad SMARTS) is 1. The maximum Gasteiger partial charge on any atom is 0.326 e. The van der Waals surface area contributed by atoms with Crippen molar-refractivity contribution in [3.8, 4) is 0 Å². The third-order valence-electron chi connectivity index (χ3n) is 4.73. The number of rotatable bonds is 4. The fourth-order valence-electron chi connectivity index (χ4n) is 3.31. The van der Waals surface area contributed by atoms with Crippen LogP contribution in [0.4, 0.5) is 5.69 Å². The van der Waals surface area contributed by atoms with Crippen LogP contribution in [0.5, 0.6) is 0 Å². The van der Waals surface area contributed by atoms with Crippen molar-refractivity contribution in [2.75, 3.05) is 25.1 Å². The number of carbonyl (C=O) groups excluding carboxylic acids is 2. The topological polar surface area (TPSA) is 95.9 Å². The van der Waals surface area contributed by atoms with E-state index in [0.717, 1.165) is 12.8 Å². The first-order valence-corrected chi connectivity index (χ1v) is 8.58. The highest BCUT2D eigenvalue weighted by Crippen LogP contribution is 2.22. The Morgan fingerprint density at radius 3 is 2.76 bits per heavy atom. The van der Waals surface area contributed by atoms with Gasteiger partial charge in [-0.2, -0.15) is 0 Å². The molecule has 0 radical (unpaired) electrons. The minimum atomic E-state index is -0.973. The van der Waals surface area contributed by atoms with Crippen molar-refractivity contribution in [1.82, 2.24) is 4.90 Å². The molecule has 1 aromatic rings. The highest BCUT2D eigenvalue weighted by atomic mass is 16.5. The van der Waals surface area contributed by atoms with E-state index in [1.807, 2.05) is 0 Å². The maximum atomic E-state index is 12.7. The molecule has 2 amide bonds. The lowest BCUT2D eigenvalue weighted by Crippen LogP contribution is -2.48. The number of anilines is 1. The minimum absolute atomic E-state index is 0.122. The molecule has 2 N–H and O–H groups in total. The molecule has 25 heavy (non-hydrogen) atoms. The lowest BCUT2D eigenvalue weighted by Gasteiger charge is -2.33. The van der Waals surface area contributed by atoms with E-state index in [2.05, 4.69) is 5.32 Å². The molecule has 0 bridgehead atoms. The van der Waals surface area contributed by atoms with Crippen molar-refractivity contribution in [1.29, 1.82) is 0 Å². The lowest BCUT2D eigenvalue weighted by atomic mass is 10.0. The first kappa shape index (κ1) is 17.4. The second-order valence-electron chi connectivity index (χ2n) is 6.48. The van der Waals surface area contributed by atoms with E-state index in [4.69, 9.17) is 4.74 Å². The number of carbonyl (C=O) groups is 3. The van der Waals surface area contributed by atoms with Crippen molar-refractivity contribution in [3.05, 3.63) is 29.8 Å². The summed E-state index contributed by atoms with van der Waals surface area (Å²) in [5, 5.41) is 12.1. The first-order valence-electron chi connectivity index (χ1n) is 8.58. The van der Waals surface area contributed by atoms with Gasteiger partial charge in [0.1, 0.15) is 6.04 Å². The van der Waals surface area contributed by atoms with E-state index in [9.17, 15) is 19.5 Å². The largest absolute Gasteiger partial charge is 0.480 e. The fraction of sp³-hybridized carbons (Fsp3) is 0.500. The van der Waals surface area contributed by atoms with Crippen LogP contribution in [0.2, 0.25) is 0 Å². The van der Waals surface area contributed by atoms with Crippen LogP contribution in [0.15, 0.2) is 24.3 Å². The Labute approximate surface area is 146 Å². The Morgan fingerprint density at radius 2 is 2.04 bits per heavy atom. The van der Waals surface area contributed by atoms with Crippen molar-refractivity contribution in [2.24, 2.45) is 5.92 Å². The molecule has 1 aromatic carbocycles. The summed E-state index contributed by atoms with van der Waals surface area (Å²) in [5.41, 5.74) is 0.917. The molecular formula is C18H22N2O5. The van der Waals surface area contributed by atoms with E-state index in [1.54, 1.807) is 24.3 Å². The Hall–Kier alpha value is -2.41. The Bertz CT molecular complexity index is 669. The number of nitrogens with one attached hydrogen (secondary N) is 1. The standard InChI is InChI=1S/C18H22N2O5/c21-16(13-7-9-25-11-13)19-14-5-3-4-12(10-14)17(22)20-8-2-1-6-15(20)18(23)24/h3-5,10,13,15H,1-2,6-9,11H2,(H,19,21)(H,23,24). The minimum Gasteiger partial charge on any atom is -0.480 e. The Kier molecular flexibility index (Phi) is 5.33. The van der Waals surface area contributed by atoms with Crippen LogP contribution >= 0.6 is 0 Å². The summed E-state index contributed by atoms with van der Waals surface area (Å²) in [7, 11) is 0. The highest BCUT2D eigenvalue weighted by Gasteiger charge is 2.32. The highest BCUT2D eigenvalue weighted by molar-refractivity contribution is 5.99. The van der Waals surface area contributed by atoms with Crippen LogP contribution in [-0.2, 0) is 14.3 Å². The van der Waals surface area contributed by atoms with Crippen molar-refractivity contribution < 1.29 is 24.2 Å². The number of carboxylic acids is 1. The van der Waals surface area contributed by atoms with Gasteiger partial charge in [0, 0.05) is 24.4 Å². The van der Waals surface area contributed by atoms with Gasteiger partial charge in [-0.25, -0.2) is 4.79 Å². The predicted octanol–water partition coefficient (Wildman–Crippen LogP) is 1.74. The van der Waals surface area contributed by atoms with E-state index in [-0.39, 0.29) is 17.7 Å². The van der Waals surface area contributed by atoms with Crippen LogP contribution in [0.3, 0.4) is 0 Å². The third kappa shape index (κ3) is 3.99. The molecule has 2 atom stereocenters. The number of hydrogen-bond acceptors (Lipinski definition) is 4. The summed E-state index contributed by atoms with van der Waals surface area (Å²) in [6.45, 7) is 1.44. The SMILES string of the molecule is O=C(Nc1cccc(C(=O)N2CCCCC2C(=O)O)c1)C1CCOC1. The quantitative estimate of drug-likeness (QED) is 0.866. The number of ether oxygens (including phenoxy) is 1. The molecule has 2 unspecified atom stereocenters. The summed E-state index contributed by atoms with van der Waals surface area (Å²) in [4.78, 5) is 37.7. The second kappa shape index (κ2) is 7.65. The molecule has 2 aliphatic heterocycles.